The molecule has 6 nitrogen and oxygen atoms in total. The van der Waals surface area contributed by atoms with E-state index in [1.54, 1.807) is 7.05 Å². The van der Waals surface area contributed by atoms with Crippen molar-refractivity contribution < 1.29 is 17.5 Å². The maximum absolute atomic E-state index is 12.6. The number of halogens is 1. The Labute approximate surface area is 130 Å². The third-order valence-corrected chi connectivity index (χ3v) is 5.26. The second kappa shape index (κ2) is 7.66. The van der Waals surface area contributed by atoms with Crippen LogP contribution in [-0.2, 0) is 10.0 Å². The van der Waals surface area contributed by atoms with E-state index in [2.05, 4.69) is 10.3 Å². The maximum Gasteiger partial charge on any atom is 0.244 e. The van der Waals surface area contributed by atoms with Crippen LogP contribution in [0.5, 0.6) is 5.88 Å². The van der Waals surface area contributed by atoms with E-state index in [4.69, 9.17) is 4.74 Å². The van der Waals surface area contributed by atoms with E-state index >= 15 is 0 Å². The van der Waals surface area contributed by atoms with E-state index in [0.29, 0.717) is 31.5 Å². The van der Waals surface area contributed by atoms with Gasteiger partial charge in [0, 0.05) is 31.3 Å². The summed E-state index contributed by atoms with van der Waals surface area (Å²) in [6.45, 7) is 1.53. The molecule has 0 unspecified atom stereocenters. The van der Waals surface area contributed by atoms with Gasteiger partial charge in [-0.15, -0.1) is 0 Å². The molecular weight excluding hydrogens is 309 g/mol. The number of aromatic nitrogens is 1. The molecule has 0 atom stereocenters. The van der Waals surface area contributed by atoms with Gasteiger partial charge in [-0.05, 0) is 26.0 Å². The van der Waals surface area contributed by atoms with Crippen LogP contribution < -0.4 is 10.1 Å². The van der Waals surface area contributed by atoms with Gasteiger partial charge in [-0.25, -0.2) is 17.8 Å². The first-order chi connectivity index (χ1) is 10.6. The molecule has 0 saturated carbocycles. The normalized spacial score (nSPS) is 16.9. The van der Waals surface area contributed by atoms with E-state index in [1.165, 1.54) is 22.6 Å². The lowest BCUT2D eigenvalue weighted by molar-refractivity contribution is 0.332. The summed E-state index contributed by atoms with van der Waals surface area (Å²) < 4.78 is 44.0. The average molecular weight is 329 g/mol. The molecule has 1 aliphatic rings. The molecule has 0 bridgehead atoms. The Morgan fingerprint density at radius 2 is 2.18 bits per heavy atom. The molecular formula is C14H20FN3O3S. The monoisotopic (exact) mass is 329 g/mol. The number of nitrogens with zero attached hydrogens (tertiary/aromatic N) is 2. The van der Waals surface area contributed by atoms with Crippen LogP contribution in [-0.4, -0.2) is 51.0 Å². The van der Waals surface area contributed by atoms with Crippen molar-refractivity contribution in [3.05, 3.63) is 30.2 Å². The van der Waals surface area contributed by atoms with Crippen molar-refractivity contribution in [3.63, 3.8) is 0 Å². The predicted molar refractivity (Wildman–Crippen MR) is 80.8 cm³/mol. The molecule has 0 aliphatic carbocycles. The van der Waals surface area contributed by atoms with E-state index in [9.17, 15) is 12.8 Å². The molecule has 1 fully saturated rings. The van der Waals surface area contributed by atoms with Gasteiger partial charge in [0.1, 0.15) is 11.5 Å². The summed E-state index contributed by atoms with van der Waals surface area (Å²) in [5.41, 5.74) is 0.443. The summed E-state index contributed by atoms with van der Waals surface area (Å²) >= 11 is 0. The topological polar surface area (TPSA) is 71.5 Å². The fourth-order valence-corrected chi connectivity index (χ4v) is 3.66. The van der Waals surface area contributed by atoms with Crippen LogP contribution in [0.4, 0.5) is 4.39 Å². The van der Waals surface area contributed by atoms with Gasteiger partial charge < -0.3 is 10.1 Å². The molecule has 2 heterocycles. The lowest BCUT2D eigenvalue weighted by atomic mass is 10.3. The van der Waals surface area contributed by atoms with Gasteiger partial charge in [0.05, 0.1) is 12.5 Å². The largest absolute Gasteiger partial charge is 0.473 e. The van der Waals surface area contributed by atoms with Gasteiger partial charge in [0.2, 0.25) is 15.9 Å². The number of sulfonamides is 1. The molecule has 1 aliphatic heterocycles. The molecule has 8 heteroatoms. The van der Waals surface area contributed by atoms with Crippen molar-refractivity contribution in [2.75, 3.05) is 33.3 Å². The van der Waals surface area contributed by atoms with Gasteiger partial charge in [-0.1, -0.05) is 0 Å². The zero-order chi connectivity index (χ0) is 16.0. The fourth-order valence-electron chi connectivity index (χ4n) is 2.20. The fraction of sp³-hybridized carbons (Fsp3) is 0.500. The Morgan fingerprint density at radius 1 is 1.45 bits per heavy atom. The highest BCUT2D eigenvalue weighted by atomic mass is 32.2. The standard InChI is InChI=1S/C14H20FN3O3S/c1-16-9-12(8-15)11-21-14-5-4-13(10-17-14)22(19,20)18-6-2-3-7-18/h4-5,8,10,16H,2-3,6-7,9,11H2,1H3/b12-8+. The van der Waals surface area contributed by atoms with E-state index in [-0.39, 0.29) is 17.4 Å². The van der Waals surface area contributed by atoms with E-state index in [1.807, 2.05) is 0 Å². The molecule has 1 saturated heterocycles. The third kappa shape index (κ3) is 4.02. The molecule has 2 rings (SSSR count). The van der Waals surface area contributed by atoms with Crippen molar-refractivity contribution >= 4 is 10.0 Å². The highest BCUT2D eigenvalue weighted by molar-refractivity contribution is 7.89. The van der Waals surface area contributed by atoms with Gasteiger partial charge >= 0.3 is 0 Å². The summed E-state index contributed by atoms with van der Waals surface area (Å²) in [4.78, 5) is 4.14. The van der Waals surface area contributed by atoms with Crippen LogP contribution in [0, 0.1) is 0 Å². The Bertz CT molecular complexity index is 611. The van der Waals surface area contributed by atoms with Crippen LogP contribution in [0.15, 0.2) is 35.1 Å². The Balaban J connectivity index is 2.01. The number of hydrogen-bond donors (Lipinski definition) is 1. The lowest BCUT2D eigenvalue weighted by Crippen LogP contribution is -2.27. The number of hydrogen-bond acceptors (Lipinski definition) is 5. The van der Waals surface area contributed by atoms with Crippen LogP contribution in [0.3, 0.4) is 0 Å². The van der Waals surface area contributed by atoms with Gasteiger partial charge in [-0.3, -0.25) is 0 Å². The van der Waals surface area contributed by atoms with Crippen LogP contribution >= 0.6 is 0 Å². The predicted octanol–water partition coefficient (Wildman–Crippen LogP) is 1.32. The minimum Gasteiger partial charge on any atom is -0.473 e. The van der Waals surface area contributed by atoms with Crippen molar-refractivity contribution in [2.45, 2.75) is 17.7 Å². The van der Waals surface area contributed by atoms with Crippen molar-refractivity contribution in [3.8, 4) is 5.88 Å². The molecule has 0 spiro atoms. The molecule has 0 amide bonds. The van der Waals surface area contributed by atoms with Crippen LogP contribution in [0.25, 0.3) is 0 Å². The summed E-state index contributed by atoms with van der Waals surface area (Å²) in [7, 11) is -1.76. The Kier molecular flexibility index (Phi) is 5.87. The van der Waals surface area contributed by atoms with Crippen molar-refractivity contribution in [2.24, 2.45) is 0 Å². The molecule has 1 aromatic heterocycles. The summed E-state index contributed by atoms with van der Waals surface area (Å²) in [6, 6.07) is 2.95. The molecule has 0 aromatic carbocycles. The highest BCUT2D eigenvalue weighted by Crippen LogP contribution is 2.21. The first-order valence-corrected chi connectivity index (χ1v) is 8.53. The van der Waals surface area contributed by atoms with Gasteiger partial charge in [0.15, 0.2) is 0 Å². The Morgan fingerprint density at radius 3 is 2.73 bits per heavy atom. The highest BCUT2D eigenvalue weighted by Gasteiger charge is 2.27. The van der Waals surface area contributed by atoms with Crippen molar-refractivity contribution in [1.29, 1.82) is 0 Å². The molecule has 122 valence electrons. The Hall–Kier alpha value is -1.51. The molecule has 0 radical (unpaired) electrons. The zero-order valence-corrected chi connectivity index (χ0v) is 13.3. The first-order valence-electron chi connectivity index (χ1n) is 7.09. The molecule has 1 aromatic rings. The number of likely N-dealkylation sites (N-methyl/N-ethyl adjacent to an activating group) is 1. The maximum atomic E-state index is 12.6. The molecule has 1 N–H and O–H groups in total. The van der Waals surface area contributed by atoms with Crippen LogP contribution in [0.1, 0.15) is 12.8 Å². The second-order valence-electron chi connectivity index (χ2n) is 5.03. The first kappa shape index (κ1) is 16.9. The van der Waals surface area contributed by atoms with Crippen LogP contribution in [0.2, 0.25) is 0 Å². The summed E-state index contributed by atoms with van der Waals surface area (Å²) in [6.07, 6.45) is 3.54. The zero-order valence-electron chi connectivity index (χ0n) is 12.5. The average Bonchev–Trinajstić information content (AvgIpc) is 3.07. The number of pyridine rings is 1. The number of rotatable bonds is 7. The summed E-state index contributed by atoms with van der Waals surface area (Å²) in [5, 5.41) is 2.82. The van der Waals surface area contributed by atoms with E-state index in [0.717, 1.165) is 12.8 Å². The quantitative estimate of drug-likeness (QED) is 0.817. The smallest absolute Gasteiger partial charge is 0.244 e. The minimum atomic E-state index is -3.47. The SMILES string of the molecule is CNC/C(=C\F)COc1ccc(S(=O)(=O)N2CCCC2)cn1. The number of nitrogens with one attached hydrogen (secondary N) is 1. The third-order valence-electron chi connectivity index (χ3n) is 3.38. The summed E-state index contributed by atoms with van der Waals surface area (Å²) in [5.74, 6) is 0.260. The number of ether oxygens (including phenoxy) is 1. The van der Waals surface area contributed by atoms with Gasteiger partial charge in [-0.2, -0.15) is 4.31 Å². The van der Waals surface area contributed by atoms with Crippen molar-refractivity contribution in [1.82, 2.24) is 14.6 Å². The van der Waals surface area contributed by atoms with Gasteiger partial charge in [0.25, 0.3) is 0 Å². The lowest BCUT2D eigenvalue weighted by Gasteiger charge is -2.15. The second-order valence-corrected chi connectivity index (χ2v) is 6.97. The van der Waals surface area contributed by atoms with E-state index < -0.39 is 10.0 Å². The molecule has 22 heavy (non-hydrogen) atoms. The minimum absolute atomic E-state index is 0.0581.